The van der Waals surface area contributed by atoms with E-state index in [4.69, 9.17) is 13.9 Å². The molecule has 3 aromatic rings. The smallest absolute Gasteiger partial charge is 0.402 e. The number of carbonyl (C=O) groups is 1. The van der Waals surface area contributed by atoms with E-state index in [0.29, 0.717) is 0 Å². The van der Waals surface area contributed by atoms with Gasteiger partial charge in [-0.15, -0.1) is 0 Å². The Morgan fingerprint density at radius 1 is 0.853 bits per heavy atom. The van der Waals surface area contributed by atoms with Gasteiger partial charge in [-0.05, 0) is 0 Å². The molecule has 0 radical (unpaired) electrons. The zero-order chi connectivity index (χ0) is 24.9. The molecule has 0 amide bonds. The number of aliphatic carboxylic acids is 1. The number of rotatable bonds is 4. The maximum atomic E-state index is 11.4. The summed E-state index contributed by atoms with van der Waals surface area (Å²) in [4.78, 5) is 11.4. The van der Waals surface area contributed by atoms with Crippen molar-refractivity contribution in [2.24, 2.45) is 0 Å². The Labute approximate surface area is 189 Å². The van der Waals surface area contributed by atoms with Gasteiger partial charge in [0.1, 0.15) is 35.2 Å². The number of carboxylic acids is 1. The van der Waals surface area contributed by atoms with Crippen molar-refractivity contribution < 1.29 is 64.6 Å². The molecule has 1 saturated heterocycles. The predicted octanol–water partition coefficient (Wildman–Crippen LogP) is 0.180. The topological polar surface area (TPSA) is 229 Å². The average molecular weight is 479 g/mol. The first-order valence-electron chi connectivity index (χ1n) is 9.65. The van der Waals surface area contributed by atoms with Crippen LogP contribution in [0.5, 0.6) is 34.5 Å². The van der Waals surface area contributed by atoms with E-state index in [-0.39, 0.29) is 33.8 Å². The van der Waals surface area contributed by atoms with E-state index in [1.807, 2.05) is 0 Å². The van der Waals surface area contributed by atoms with Crippen molar-refractivity contribution in [2.45, 2.75) is 30.7 Å². The van der Waals surface area contributed by atoms with Crippen LogP contribution >= 0.6 is 0 Å². The first-order valence-corrected chi connectivity index (χ1v) is 9.65. The molecule has 0 spiro atoms. The number of hydrogen-bond acceptors (Lipinski definition) is 11. The van der Waals surface area contributed by atoms with E-state index in [2.05, 4.69) is 0 Å². The number of benzene rings is 2. The van der Waals surface area contributed by atoms with Crippen LogP contribution in [0.15, 0.2) is 34.7 Å². The normalized spacial score (nSPS) is 24.7. The lowest BCUT2D eigenvalue weighted by atomic mass is 9.99. The molecule has 1 aliphatic heterocycles. The summed E-state index contributed by atoms with van der Waals surface area (Å²) in [5.41, 5.74) is -0.177. The second kappa shape index (κ2) is 8.39. The van der Waals surface area contributed by atoms with E-state index < -0.39 is 59.7 Å². The Balaban J connectivity index is 1.87. The van der Waals surface area contributed by atoms with E-state index in [1.54, 1.807) is 0 Å². The van der Waals surface area contributed by atoms with Gasteiger partial charge in [0.05, 0.1) is 11.6 Å². The zero-order valence-corrected chi connectivity index (χ0v) is 16.9. The fourth-order valence-electron chi connectivity index (χ4n) is 3.48. The van der Waals surface area contributed by atoms with Crippen molar-refractivity contribution in [3.8, 4) is 45.8 Å². The molecule has 0 aliphatic carbocycles. The number of aliphatic hydroxyl groups is 3. The van der Waals surface area contributed by atoms with Gasteiger partial charge in [0.15, 0.2) is 23.4 Å². The fraction of sp³-hybridized carbons (Fsp3) is 0.238. The molecular weight excluding hydrogens is 460 g/mol. The quantitative estimate of drug-likeness (QED) is 0.180. The molecule has 13 nitrogen and oxygen atoms in total. The molecule has 1 aromatic heterocycles. The fourth-order valence-corrected chi connectivity index (χ4v) is 3.48. The van der Waals surface area contributed by atoms with Crippen molar-refractivity contribution in [1.82, 2.24) is 0 Å². The van der Waals surface area contributed by atoms with Gasteiger partial charge in [0.2, 0.25) is 12.0 Å². The number of phenolic OH excluding ortho intramolecular Hbond substituents is 5. The van der Waals surface area contributed by atoms with Gasteiger partial charge in [-0.1, -0.05) is 0 Å². The molecule has 9 N–H and O–H groups in total. The molecule has 0 saturated carbocycles. The Morgan fingerprint density at radius 3 is 2.12 bits per heavy atom. The van der Waals surface area contributed by atoms with E-state index in [0.717, 1.165) is 30.3 Å². The number of phenols is 5. The van der Waals surface area contributed by atoms with Crippen LogP contribution in [0.25, 0.3) is 22.3 Å². The standard InChI is InChI=1S/C21H18O13/c22-7-3-9(23)8-5-13(33-21-17(29)15(27)16(28)19(34-21)20(30)31)18(32-12(8)4-7)6-1-10(24)14(26)11(25)2-6/h1-5,15-17,19,21,27-29H,(H5-,22,23,24,25,26,30,31)/p+1/t15-,16-,17+,19-,21+/m0/s1. The number of aliphatic hydroxyl groups excluding tert-OH is 3. The first kappa shape index (κ1) is 23.1. The highest BCUT2D eigenvalue weighted by atomic mass is 16.7. The van der Waals surface area contributed by atoms with Crippen LogP contribution in [0.4, 0.5) is 0 Å². The second-order valence-corrected chi connectivity index (χ2v) is 7.53. The Morgan fingerprint density at radius 2 is 1.50 bits per heavy atom. The molecule has 34 heavy (non-hydrogen) atoms. The summed E-state index contributed by atoms with van der Waals surface area (Å²) >= 11 is 0. The summed E-state index contributed by atoms with van der Waals surface area (Å²) < 4.78 is 16.3. The largest absolute Gasteiger partial charge is 0.507 e. The van der Waals surface area contributed by atoms with E-state index in [9.17, 15) is 50.8 Å². The Hall–Kier alpha value is -4.04. The minimum Gasteiger partial charge on any atom is -0.507 e. The molecule has 5 atom stereocenters. The Bertz CT molecular complexity index is 1250. The number of carboxylic acid groups (broad SMARTS) is 1. The summed E-state index contributed by atoms with van der Waals surface area (Å²) in [6, 6.07) is 5.24. The van der Waals surface area contributed by atoms with Crippen molar-refractivity contribution in [1.29, 1.82) is 0 Å². The lowest BCUT2D eigenvalue weighted by Crippen LogP contribution is -2.61. The third-order valence-electron chi connectivity index (χ3n) is 5.20. The van der Waals surface area contributed by atoms with Gasteiger partial charge in [-0.25, -0.2) is 9.21 Å². The zero-order valence-electron chi connectivity index (χ0n) is 16.9. The molecule has 0 unspecified atom stereocenters. The van der Waals surface area contributed by atoms with Crippen LogP contribution in [0.3, 0.4) is 0 Å². The second-order valence-electron chi connectivity index (χ2n) is 7.53. The SMILES string of the molecule is O=C(O)[C@H]1O[C@@H](Oc2cc3c(O)cc(O)cc3[o+]c2-c2cc(O)c(O)c(O)c2)[C@H](O)[C@@H](O)[C@@H]1O. The van der Waals surface area contributed by atoms with Crippen LogP contribution in [-0.2, 0) is 9.53 Å². The maximum absolute atomic E-state index is 11.4. The lowest BCUT2D eigenvalue weighted by Gasteiger charge is -2.38. The van der Waals surface area contributed by atoms with Crippen LogP contribution in [0, 0.1) is 0 Å². The summed E-state index contributed by atoms with van der Waals surface area (Å²) in [5, 5.41) is 88.8. The summed E-state index contributed by atoms with van der Waals surface area (Å²) in [7, 11) is 0. The summed E-state index contributed by atoms with van der Waals surface area (Å²) in [6.45, 7) is 0. The van der Waals surface area contributed by atoms with Crippen molar-refractivity contribution in [3.63, 3.8) is 0 Å². The Kier molecular flexibility index (Phi) is 5.70. The molecule has 1 aliphatic rings. The minimum absolute atomic E-state index is 0.00978. The van der Waals surface area contributed by atoms with Gasteiger partial charge in [-0.2, -0.15) is 0 Å². The number of ether oxygens (including phenoxy) is 2. The van der Waals surface area contributed by atoms with Crippen molar-refractivity contribution in [3.05, 3.63) is 30.3 Å². The summed E-state index contributed by atoms with van der Waals surface area (Å²) in [5.74, 6) is -5.39. The average Bonchev–Trinajstić information content (AvgIpc) is 2.77. The van der Waals surface area contributed by atoms with Gasteiger partial charge >= 0.3 is 17.3 Å². The third-order valence-corrected chi connectivity index (χ3v) is 5.20. The molecule has 0 bridgehead atoms. The van der Waals surface area contributed by atoms with Crippen molar-refractivity contribution in [2.75, 3.05) is 0 Å². The highest BCUT2D eigenvalue weighted by Crippen LogP contribution is 2.44. The first-order chi connectivity index (χ1) is 16.0. The van der Waals surface area contributed by atoms with Gasteiger partial charge in [0.25, 0.3) is 0 Å². The minimum atomic E-state index is -1.97. The van der Waals surface area contributed by atoms with Crippen LogP contribution in [0.1, 0.15) is 0 Å². The molecule has 2 aromatic carbocycles. The highest BCUT2D eigenvalue weighted by molar-refractivity contribution is 5.88. The molecule has 1 fully saturated rings. The summed E-state index contributed by atoms with van der Waals surface area (Å²) in [6.07, 6.45) is -9.68. The van der Waals surface area contributed by atoms with Crippen molar-refractivity contribution >= 4 is 16.9 Å². The molecular formula is C21H19O13+. The van der Waals surface area contributed by atoms with E-state index in [1.165, 1.54) is 0 Å². The highest BCUT2D eigenvalue weighted by Gasteiger charge is 2.48. The molecule has 4 rings (SSSR count). The van der Waals surface area contributed by atoms with Gasteiger partial charge in [-0.3, -0.25) is 0 Å². The number of fused-ring (bicyclic) bond motifs is 1. The van der Waals surface area contributed by atoms with E-state index >= 15 is 0 Å². The lowest BCUT2D eigenvalue weighted by molar-refractivity contribution is -0.271. The number of hydrogen-bond donors (Lipinski definition) is 9. The third kappa shape index (κ3) is 3.92. The van der Waals surface area contributed by atoms with Gasteiger partial charge < -0.3 is 55.4 Å². The molecule has 13 heteroatoms. The number of aromatic hydroxyl groups is 5. The van der Waals surface area contributed by atoms with Crippen LogP contribution in [0.2, 0.25) is 0 Å². The predicted molar refractivity (Wildman–Crippen MR) is 109 cm³/mol. The van der Waals surface area contributed by atoms with Crippen LogP contribution < -0.4 is 4.74 Å². The molecule has 2 heterocycles. The molecule has 180 valence electrons. The van der Waals surface area contributed by atoms with Gasteiger partial charge in [0, 0.05) is 24.3 Å². The monoisotopic (exact) mass is 479 g/mol. The maximum Gasteiger partial charge on any atom is 0.402 e. The van der Waals surface area contributed by atoms with Crippen LogP contribution in [-0.4, -0.2) is 82.6 Å².